The van der Waals surface area contributed by atoms with Gasteiger partial charge in [0.05, 0.1) is 11.3 Å². The molecular weight excluding hydrogens is 450 g/mol. The monoisotopic (exact) mass is 477 g/mol. The molecule has 3 rings (SSSR count). The van der Waals surface area contributed by atoms with Crippen molar-refractivity contribution < 1.29 is 23.9 Å². The predicted molar refractivity (Wildman–Crippen MR) is 131 cm³/mol. The molecule has 1 unspecified atom stereocenters. The van der Waals surface area contributed by atoms with Crippen molar-refractivity contribution in [3.05, 3.63) is 93.2 Å². The van der Waals surface area contributed by atoms with Crippen molar-refractivity contribution in [3.63, 3.8) is 0 Å². The summed E-state index contributed by atoms with van der Waals surface area (Å²) < 4.78 is 5.56. The van der Waals surface area contributed by atoms with Crippen LogP contribution in [0.1, 0.15) is 62.1 Å². The number of nitrogens with one attached hydrogen (secondary N) is 1. The number of carbonyl (C=O) groups is 4. The van der Waals surface area contributed by atoms with Crippen molar-refractivity contribution in [2.24, 2.45) is 0 Å². The lowest BCUT2D eigenvalue weighted by molar-refractivity contribution is -0.147. The summed E-state index contributed by atoms with van der Waals surface area (Å²) in [4.78, 5) is 50.3. The zero-order chi connectivity index (χ0) is 24.5. The summed E-state index contributed by atoms with van der Waals surface area (Å²) in [5.41, 5.74) is 3.08. The molecule has 0 saturated heterocycles. The molecule has 1 amide bonds. The number of ether oxygens (including phenoxy) is 1. The molecule has 0 bridgehead atoms. The molecule has 1 atom stereocenters. The number of amides is 1. The van der Waals surface area contributed by atoms with Gasteiger partial charge in [-0.1, -0.05) is 65.7 Å². The number of thiophene rings is 1. The Hall–Kier alpha value is -3.58. The molecule has 2 aromatic carbocycles. The average Bonchev–Trinajstić information content (AvgIpc) is 3.37. The van der Waals surface area contributed by atoms with Gasteiger partial charge in [0.15, 0.2) is 11.9 Å². The molecule has 6 nitrogen and oxygen atoms in total. The minimum absolute atomic E-state index is 0.0453. The maximum absolute atomic E-state index is 13.1. The first-order valence-electron chi connectivity index (χ1n) is 11.0. The second kappa shape index (κ2) is 12.0. The molecule has 0 spiro atoms. The Balaban J connectivity index is 1.54. The second-order valence-corrected chi connectivity index (χ2v) is 8.96. The summed E-state index contributed by atoms with van der Waals surface area (Å²) in [6, 6.07) is 17.9. The molecule has 34 heavy (non-hydrogen) atoms. The van der Waals surface area contributed by atoms with Gasteiger partial charge in [-0.15, -0.1) is 11.3 Å². The third-order valence-corrected chi connectivity index (χ3v) is 6.14. The van der Waals surface area contributed by atoms with Gasteiger partial charge >= 0.3 is 5.97 Å². The Morgan fingerprint density at radius 3 is 2.12 bits per heavy atom. The fourth-order valence-electron chi connectivity index (χ4n) is 3.25. The molecule has 0 aliphatic rings. The number of ketones is 2. The number of carbonyl (C=O) groups excluding carboxylic acids is 4. The molecule has 0 fully saturated rings. The van der Waals surface area contributed by atoms with Crippen LogP contribution < -0.4 is 5.32 Å². The van der Waals surface area contributed by atoms with Gasteiger partial charge in [-0.05, 0) is 25.3 Å². The van der Waals surface area contributed by atoms with E-state index in [9.17, 15) is 19.2 Å². The van der Waals surface area contributed by atoms with Crippen LogP contribution in [0.3, 0.4) is 0 Å². The molecular formula is C27H27NO5S. The topological polar surface area (TPSA) is 89.5 Å². The van der Waals surface area contributed by atoms with E-state index in [1.54, 1.807) is 36.4 Å². The Labute approximate surface area is 203 Å². The zero-order valence-corrected chi connectivity index (χ0v) is 20.0. The Kier molecular flexibility index (Phi) is 8.87. The quantitative estimate of drug-likeness (QED) is 0.310. The fraction of sp³-hybridized carbons (Fsp3) is 0.259. The van der Waals surface area contributed by atoms with Crippen LogP contribution in [-0.4, -0.2) is 30.0 Å². The molecule has 0 aliphatic heterocycles. The van der Waals surface area contributed by atoms with Gasteiger partial charge < -0.3 is 10.1 Å². The normalized spacial score (nSPS) is 11.5. The van der Waals surface area contributed by atoms with E-state index in [-0.39, 0.29) is 43.3 Å². The predicted octanol–water partition coefficient (Wildman–Crippen LogP) is 5.00. The number of Topliss-reactive ketones (excluding diaryl/α,β-unsaturated/α-hetero) is 2. The fourth-order valence-corrected chi connectivity index (χ4v) is 3.95. The Morgan fingerprint density at radius 1 is 0.853 bits per heavy atom. The Morgan fingerprint density at radius 2 is 1.50 bits per heavy atom. The zero-order valence-electron chi connectivity index (χ0n) is 19.2. The van der Waals surface area contributed by atoms with Crippen molar-refractivity contribution in [3.8, 4) is 0 Å². The van der Waals surface area contributed by atoms with E-state index in [0.29, 0.717) is 16.0 Å². The lowest BCUT2D eigenvalue weighted by Crippen LogP contribution is -2.28. The van der Waals surface area contributed by atoms with Crippen molar-refractivity contribution in [1.29, 1.82) is 0 Å². The van der Waals surface area contributed by atoms with Crippen molar-refractivity contribution in [2.75, 3.05) is 6.54 Å². The van der Waals surface area contributed by atoms with Crippen LogP contribution in [0, 0.1) is 13.8 Å². The lowest BCUT2D eigenvalue weighted by Gasteiger charge is -2.18. The third-order valence-electron chi connectivity index (χ3n) is 5.23. The van der Waals surface area contributed by atoms with Gasteiger partial charge in [-0.2, -0.15) is 0 Å². The van der Waals surface area contributed by atoms with E-state index in [2.05, 4.69) is 5.32 Å². The minimum atomic E-state index is -1.07. The van der Waals surface area contributed by atoms with Gasteiger partial charge in [0, 0.05) is 30.5 Å². The maximum atomic E-state index is 13.1. The van der Waals surface area contributed by atoms with E-state index in [1.807, 2.05) is 43.5 Å². The van der Waals surface area contributed by atoms with Crippen LogP contribution >= 0.6 is 11.3 Å². The van der Waals surface area contributed by atoms with Gasteiger partial charge in [-0.25, -0.2) is 0 Å². The molecule has 7 heteroatoms. The number of benzene rings is 2. The van der Waals surface area contributed by atoms with Gasteiger partial charge in [0.1, 0.15) is 0 Å². The molecule has 1 heterocycles. The van der Waals surface area contributed by atoms with E-state index in [4.69, 9.17) is 4.74 Å². The number of aryl methyl sites for hydroxylation is 2. The van der Waals surface area contributed by atoms with Crippen LogP contribution in [0.25, 0.3) is 0 Å². The number of hydrogen-bond donors (Lipinski definition) is 1. The highest BCUT2D eigenvalue weighted by atomic mass is 32.1. The van der Waals surface area contributed by atoms with Crippen LogP contribution in [0.2, 0.25) is 0 Å². The average molecular weight is 478 g/mol. The molecule has 1 N–H and O–H groups in total. The molecule has 0 radical (unpaired) electrons. The smallest absolute Gasteiger partial charge is 0.308 e. The van der Waals surface area contributed by atoms with Crippen LogP contribution in [0.4, 0.5) is 0 Å². The summed E-state index contributed by atoms with van der Waals surface area (Å²) in [5.74, 6) is -1.31. The molecule has 0 aliphatic carbocycles. The Bertz CT molecular complexity index is 1130. The van der Waals surface area contributed by atoms with E-state index >= 15 is 0 Å². The van der Waals surface area contributed by atoms with Crippen LogP contribution in [0.5, 0.6) is 0 Å². The standard InChI is InChI=1S/C27H27NO5S/c1-18-5-9-20(10-6-18)26(32)27(21-11-7-19(2)8-12-21)33-25(31)15-16-28-24(30)14-13-22(29)23-4-3-17-34-23/h3-12,17,27H,13-16H2,1-2H3,(H,28,30). The molecule has 3 aromatic rings. The highest BCUT2D eigenvalue weighted by Crippen LogP contribution is 2.24. The number of rotatable bonds is 11. The van der Waals surface area contributed by atoms with E-state index in [0.717, 1.165) is 11.1 Å². The molecule has 176 valence electrons. The summed E-state index contributed by atoms with van der Waals surface area (Å²) in [5, 5.41) is 4.44. The van der Waals surface area contributed by atoms with Crippen molar-refractivity contribution in [2.45, 2.75) is 39.2 Å². The molecule has 1 aromatic heterocycles. The first-order chi connectivity index (χ1) is 16.3. The summed E-state index contributed by atoms with van der Waals surface area (Å²) in [7, 11) is 0. The largest absolute Gasteiger partial charge is 0.449 e. The van der Waals surface area contributed by atoms with Crippen molar-refractivity contribution >= 4 is 34.8 Å². The lowest BCUT2D eigenvalue weighted by atomic mass is 9.98. The highest BCUT2D eigenvalue weighted by Gasteiger charge is 2.26. The van der Waals surface area contributed by atoms with Gasteiger partial charge in [0.2, 0.25) is 11.7 Å². The maximum Gasteiger partial charge on any atom is 0.308 e. The first kappa shape index (κ1) is 25.1. The third kappa shape index (κ3) is 7.22. The minimum Gasteiger partial charge on any atom is -0.449 e. The van der Waals surface area contributed by atoms with E-state index < -0.39 is 12.1 Å². The first-order valence-corrected chi connectivity index (χ1v) is 11.9. The van der Waals surface area contributed by atoms with Crippen LogP contribution in [0.15, 0.2) is 66.0 Å². The highest BCUT2D eigenvalue weighted by molar-refractivity contribution is 7.12. The van der Waals surface area contributed by atoms with Gasteiger partial charge in [-0.3, -0.25) is 19.2 Å². The van der Waals surface area contributed by atoms with Gasteiger partial charge in [0.25, 0.3) is 0 Å². The van der Waals surface area contributed by atoms with Crippen LogP contribution in [-0.2, 0) is 14.3 Å². The van der Waals surface area contributed by atoms with E-state index in [1.165, 1.54) is 11.3 Å². The summed E-state index contributed by atoms with van der Waals surface area (Å²) in [6.45, 7) is 3.92. The molecule has 0 saturated carbocycles. The second-order valence-electron chi connectivity index (χ2n) is 8.01. The summed E-state index contributed by atoms with van der Waals surface area (Å²) in [6.07, 6.45) is -1.01. The van der Waals surface area contributed by atoms with Crippen molar-refractivity contribution in [1.82, 2.24) is 5.32 Å². The number of esters is 1. The summed E-state index contributed by atoms with van der Waals surface area (Å²) >= 11 is 1.34. The SMILES string of the molecule is Cc1ccc(C(=O)C(OC(=O)CCNC(=O)CCC(=O)c2cccs2)c2ccc(C)cc2)cc1. The number of hydrogen-bond acceptors (Lipinski definition) is 6.